The van der Waals surface area contributed by atoms with E-state index in [0.717, 1.165) is 0 Å². The summed E-state index contributed by atoms with van der Waals surface area (Å²) < 4.78 is 0. The minimum atomic E-state index is 0.556. The Morgan fingerprint density at radius 3 is 2.30 bits per heavy atom. The molecule has 0 amide bonds. The normalized spacial score (nSPS) is 14.1. The van der Waals surface area contributed by atoms with Gasteiger partial charge in [0, 0.05) is 0 Å². The van der Waals surface area contributed by atoms with Crippen molar-refractivity contribution in [3.63, 3.8) is 0 Å². The van der Waals surface area contributed by atoms with Crippen molar-refractivity contribution in [2.75, 3.05) is 21.1 Å². The molecular weight excluding hydrogens is 124 g/mol. The van der Waals surface area contributed by atoms with Gasteiger partial charge < -0.3 is 5.32 Å². The largest absolute Gasteiger partial charge is 0.305 e. The molecule has 0 bridgehead atoms. The maximum atomic E-state index is 3.26. The van der Waals surface area contributed by atoms with E-state index in [0.29, 0.717) is 6.17 Å². The minimum absolute atomic E-state index is 0.556. The van der Waals surface area contributed by atoms with Crippen LogP contribution in [0.25, 0.3) is 0 Å². The van der Waals surface area contributed by atoms with Crippen LogP contribution in [0.15, 0.2) is 0 Å². The highest BCUT2D eigenvalue weighted by Gasteiger charge is 2.05. The van der Waals surface area contributed by atoms with E-state index in [2.05, 4.69) is 31.2 Å². The van der Waals surface area contributed by atoms with Crippen molar-refractivity contribution in [3.8, 4) is 0 Å². The molecule has 0 aromatic carbocycles. The Balaban J connectivity index is 3.40. The number of rotatable bonds is 5. The van der Waals surface area contributed by atoms with E-state index in [9.17, 15) is 0 Å². The minimum Gasteiger partial charge on any atom is -0.305 e. The first-order valence-electron chi connectivity index (χ1n) is 4.06. The molecule has 0 aromatic rings. The van der Waals surface area contributed by atoms with E-state index >= 15 is 0 Å². The molecule has 0 aromatic heterocycles. The molecule has 0 aliphatic rings. The number of hydrogen-bond acceptors (Lipinski definition) is 2. The summed E-state index contributed by atoms with van der Waals surface area (Å²) in [5.41, 5.74) is 0. The Kier molecular flexibility index (Phi) is 5.64. The molecule has 0 saturated heterocycles. The fourth-order valence-corrected chi connectivity index (χ4v) is 1.06. The highest BCUT2D eigenvalue weighted by atomic mass is 15.2. The Morgan fingerprint density at radius 2 is 2.00 bits per heavy atom. The van der Waals surface area contributed by atoms with Gasteiger partial charge in [-0.3, -0.25) is 4.90 Å². The van der Waals surface area contributed by atoms with Gasteiger partial charge in [-0.15, -0.1) is 0 Å². The molecule has 0 spiro atoms. The molecule has 0 heterocycles. The van der Waals surface area contributed by atoms with Crippen LogP contribution >= 0.6 is 0 Å². The van der Waals surface area contributed by atoms with Crippen molar-refractivity contribution in [2.24, 2.45) is 0 Å². The zero-order chi connectivity index (χ0) is 7.98. The predicted molar refractivity (Wildman–Crippen MR) is 46.1 cm³/mol. The van der Waals surface area contributed by atoms with Gasteiger partial charge in [0.15, 0.2) is 0 Å². The molecule has 1 atom stereocenters. The third kappa shape index (κ3) is 3.85. The summed E-state index contributed by atoms with van der Waals surface area (Å²) in [6.07, 6.45) is 4.40. The molecule has 10 heavy (non-hydrogen) atoms. The van der Waals surface area contributed by atoms with Crippen LogP contribution in [0.1, 0.15) is 26.2 Å². The lowest BCUT2D eigenvalue weighted by Gasteiger charge is -2.23. The Morgan fingerprint density at radius 1 is 1.40 bits per heavy atom. The lowest BCUT2D eigenvalue weighted by Crippen LogP contribution is -2.38. The maximum Gasteiger partial charge on any atom is 0.0589 e. The zero-order valence-corrected chi connectivity index (χ0v) is 7.65. The van der Waals surface area contributed by atoms with Crippen LogP contribution in [0.2, 0.25) is 0 Å². The summed E-state index contributed by atoms with van der Waals surface area (Å²) in [6, 6.07) is 0. The first-order chi connectivity index (χ1) is 4.72. The molecule has 0 saturated carbocycles. The van der Waals surface area contributed by atoms with E-state index in [1.165, 1.54) is 19.3 Å². The zero-order valence-electron chi connectivity index (χ0n) is 7.65. The molecular formula is C8H20N2. The molecule has 0 radical (unpaired) electrons. The van der Waals surface area contributed by atoms with Gasteiger partial charge in [-0.25, -0.2) is 0 Å². The van der Waals surface area contributed by atoms with E-state index < -0.39 is 0 Å². The average molecular weight is 144 g/mol. The molecule has 0 aliphatic heterocycles. The summed E-state index contributed by atoms with van der Waals surface area (Å²) in [4.78, 5) is 2.22. The fraction of sp³-hybridized carbons (Fsp3) is 1.00. The smallest absolute Gasteiger partial charge is 0.0589 e. The summed E-state index contributed by atoms with van der Waals surface area (Å²) >= 11 is 0. The first-order valence-corrected chi connectivity index (χ1v) is 4.06. The van der Waals surface area contributed by atoms with Crippen LogP contribution < -0.4 is 5.32 Å². The van der Waals surface area contributed by atoms with E-state index in [1.807, 2.05) is 7.05 Å². The highest BCUT2D eigenvalue weighted by molar-refractivity contribution is 4.59. The van der Waals surface area contributed by atoms with Crippen molar-refractivity contribution < 1.29 is 0 Å². The maximum absolute atomic E-state index is 3.26. The van der Waals surface area contributed by atoms with Crippen LogP contribution in [-0.4, -0.2) is 32.2 Å². The molecule has 0 fully saturated rings. The molecule has 2 nitrogen and oxygen atoms in total. The third-order valence-electron chi connectivity index (χ3n) is 1.79. The predicted octanol–water partition coefficient (Wildman–Crippen LogP) is 1.28. The second-order valence-electron chi connectivity index (χ2n) is 2.91. The van der Waals surface area contributed by atoms with Crippen molar-refractivity contribution in [2.45, 2.75) is 32.4 Å². The van der Waals surface area contributed by atoms with Crippen LogP contribution in [0.5, 0.6) is 0 Å². The molecule has 1 N–H and O–H groups in total. The molecule has 0 aliphatic carbocycles. The second kappa shape index (κ2) is 5.69. The van der Waals surface area contributed by atoms with Crippen LogP contribution in [-0.2, 0) is 0 Å². The van der Waals surface area contributed by atoms with Crippen LogP contribution in [0.4, 0.5) is 0 Å². The van der Waals surface area contributed by atoms with Crippen molar-refractivity contribution in [1.29, 1.82) is 0 Å². The second-order valence-corrected chi connectivity index (χ2v) is 2.91. The standard InChI is InChI=1S/C8H20N2/c1-5-6-7-8(9-2)10(3)4/h8-9H,5-7H2,1-4H3. The van der Waals surface area contributed by atoms with Crippen LogP contribution in [0, 0.1) is 0 Å². The van der Waals surface area contributed by atoms with E-state index in [1.54, 1.807) is 0 Å². The lowest BCUT2D eigenvalue weighted by atomic mass is 10.2. The van der Waals surface area contributed by atoms with Crippen LogP contribution in [0.3, 0.4) is 0 Å². The van der Waals surface area contributed by atoms with E-state index in [-0.39, 0.29) is 0 Å². The number of hydrogen-bond donors (Lipinski definition) is 1. The number of unbranched alkanes of at least 4 members (excludes halogenated alkanes) is 1. The van der Waals surface area contributed by atoms with Gasteiger partial charge in [-0.05, 0) is 27.6 Å². The van der Waals surface area contributed by atoms with Gasteiger partial charge in [-0.1, -0.05) is 19.8 Å². The molecule has 62 valence electrons. The third-order valence-corrected chi connectivity index (χ3v) is 1.79. The van der Waals surface area contributed by atoms with Gasteiger partial charge >= 0.3 is 0 Å². The Bertz CT molecular complexity index is 71.7. The first kappa shape index (κ1) is 9.92. The van der Waals surface area contributed by atoms with Gasteiger partial charge in [0.2, 0.25) is 0 Å². The summed E-state index contributed by atoms with van der Waals surface area (Å²) in [6.45, 7) is 2.22. The SMILES string of the molecule is CCCCC(NC)N(C)C. The fourth-order valence-electron chi connectivity index (χ4n) is 1.06. The summed E-state index contributed by atoms with van der Waals surface area (Å²) in [7, 11) is 6.23. The van der Waals surface area contributed by atoms with Crippen molar-refractivity contribution >= 4 is 0 Å². The van der Waals surface area contributed by atoms with Gasteiger partial charge in [0.1, 0.15) is 0 Å². The highest BCUT2D eigenvalue weighted by Crippen LogP contribution is 2.01. The Labute approximate surface area is 64.6 Å². The molecule has 1 unspecified atom stereocenters. The quantitative estimate of drug-likeness (QED) is 0.585. The molecule has 0 rings (SSSR count). The molecule has 2 heteroatoms. The van der Waals surface area contributed by atoms with Gasteiger partial charge in [0.05, 0.1) is 6.17 Å². The number of nitrogens with zero attached hydrogens (tertiary/aromatic N) is 1. The summed E-state index contributed by atoms with van der Waals surface area (Å²) in [5, 5.41) is 3.26. The van der Waals surface area contributed by atoms with Gasteiger partial charge in [-0.2, -0.15) is 0 Å². The average Bonchev–Trinajstić information content (AvgIpc) is 1.89. The topological polar surface area (TPSA) is 15.3 Å². The van der Waals surface area contributed by atoms with Crippen molar-refractivity contribution in [1.82, 2.24) is 10.2 Å². The van der Waals surface area contributed by atoms with Gasteiger partial charge in [0.25, 0.3) is 0 Å². The Hall–Kier alpha value is -0.0800. The lowest BCUT2D eigenvalue weighted by molar-refractivity contribution is 0.241. The van der Waals surface area contributed by atoms with Crippen molar-refractivity contribution in [3.05, 3.63) is 0 Å². The number of nitrogens with one attached hydrogen (secondary N) is 1. The van der Waals surface area contributed by atoms with E-state index in [4.69, 9.17) is 0 Å². The monoisotopic (exact) mass is 144 g/mol. The summed E-state index contributed by atoms with van der Waals surface area (Å²) in [5.74, 6) is 0.